The Labute approximate surface area is 189 Å². The van der Waals surface area contributed by atoms with Crippen LogP contribution in [0.1, 0.15) is 5.01 Å². The molecule has 2 N–H and O–H groups in total. The molecule has 2 aromatic carbocycles. The number of aromatic nitrogens is 1. The second kappa shape index (κ2) is 8.80. The smallest absolute Gasteiger partial charge is 0.161 e. The van der Waals surface area contributed by atoms with Crippen LogP contribution < -0.4 is 23.8 Å². The average molecular weight is 454 g/mol. The number of nitrogens with zero attached hydrogens (tertiary/aromatic N) is 2. The SMILES string of the molecule is COc1ccc(OC)c(N2CC(O)=C(c3nc(-c4ccc(OC)c(OC)c4)cs3)C2=N)c1. The van der Waals surface area contributed by atoms with E-state index in [0.29, 0.717) is 39.3 Å². The quantitative estimate of drug-likeness (QED) is 0.539. The number of hydrogen-bond acceptors (Lipinski definition) is 8. The molecule has 3 aromatic rings. The van der Waals surface area contributed by atoms with Crippen LogP contribution in [-0.4, -0.2) is 50.9 Å². The molecule has 1 aliphatic rings. The van der Waals surface area contributed by atoms with Gasteiger partial charge in [0.1, 0.15) is 28.1 Å². The Morgan fingerprint density at radius 1 is 0.938 bits per heavy atom. The van der Waals surface area contributed by atoms with E-state index in [9.17, 15) is 5.11 Å². The number of aliphatic hydroxyl groups is 1. The first-order valence-corrected chi connectivity index (χ1v) is 10.6. The Balaban J connectivity index is 1.66. The molecule has 0 atom stereocenters. The van der Waals surface area contributed by atoms with Gasteiger partial charge in [-0.25, -0.2) is 4.98 Å². The van der Waals surface area contributed by atoms with Crippen LogP contribution in [0.15, 0.2) is 47.5 Å². The van der Waals surface area contributed by atoms with Gasteiger partial charge in [0.25, 0.3) is 0 Å². The van der Waals surface area contributed by atoms with Gasteiger partial charge in [-0.05, 0) is 30.3 Å². The summed E-state index contributed by atoms with van der Waals surface area (Å²) in [5.41, 5.74) is 2.60. The Morgan fingerprint density at radius 3 is 2.34 bits per heavy atom. The lowest BCUT2D eigenvalue weighted by atomic mass is 10.1. The molecule has 32 heavy (non-hydrogen) atoms. The van der Waals surface area contributed by atoms with Crippen LogP contribution in [0.4, 0.5) is 5.69 Å². The van der Waals surface area contributed by atoms with Gasteiger partial charge in [0.05, 0.1) is 51.9 Å². The lowest BCUT2D eigenvalue weighted by Crippen LogP contribution is -2.26. The maximum Gasteiger partial charge on any atom is 0.161 e. The third-order valence-electron chi connectivity index (χ3n) is 5.18. The molecule has 0 unspecified atom stereocenters. The highest BCUT2D eigenvalue weighted by atomic mass is 32.1. The molecule has 0 aliphatic carbocycles. The molecular weight excluding hydrogens is 430 g/mol. The molecule has 0 saturated heterocycles. The van der Waals surface area contributed by atoms with Crippen molar-refractivity contribution in [3.8, 4) is 34.3 Å². The fraction of sp³-hybridized carbons (Fsp3) is 0.217. The van der Waals surface area contributed by atoms with Crippen LogP contribution in [0.2, 0.25) is 0 Å². The van der Waals surface area contributed by atoms with Crippen molar-refractivity contribution in [3.05, 3.63) is 52.5 Å². The Kier molecular flexibility index (Phi) is 5.91. The molecule has 0 fully saturated rings. The third-order valence-corrected chi connectivity index (χ3v) is 6.04. The fourth-order valence-corrected chi connectivity index (χ4v) is 4.43. The van der Waals surface area contributed by atoms with Gasteiger partial charge in [-0.1, -0.05) is 0 Å². The number of nitrogens with one attached hydrogen (secondary N) is 1. The molecule has 0 amide bonds. The van der Waals surface area contributed by atoms with Gasteiger partial charge >= 0.3 is 0 Å². The maximum absolute atomic E-state index is 10.7. The van der Waals surface area contributed by atoms with Gasteiger partial charge in [0, 0.05) is 17.0 Å². The number of benzene rings is 2. The van der Waals surface area contributed by atoms with Crippen LogP contribution >= 0.6 is 11.3 Å². The molecule has 0 bridgehead atoms. The molecule has 0 spiro atoms. The molecule has 1 aromatic heterocycles. The maximum atomic E-state index is 10.7. The Hall–Kier alpha value is -3.72. The number of anilines is 1. The van der Waals surface area contributed by atoms with E-state index in [4.69, 9.17) is 24.4 Å². The van der Waals surface area contributed by atoms with Gasteiger partial charge in [-0.15, -0.1) is 11.3 Å². The van der Waals surface area contributed by atoms with Crippen LogP contribution in [0.5, 0.6) is 23.0 Å². The molecule has 1 aliphatic heterocycles. The lowest BCUT2D eigenvalue weighted by Gasteiger charge is -2.21. The standard InChI is InChI=1S/C23H23N3O5S/c1-28-14-6-8-18(29-2)16(10-14)26-11-17(27)21(22(26)24)23-25-15(12-32-23)13-5-7-19(30-3)20(9-13)31-4/h5-10,12,24,27H,11H2,1-4H3. The van der Waals surface area contributed by atoms with E-state index in [1.54, 1.807) is 51.5 Å². The normalized spacial score (nSPS) is 13.5. The van der Waals surface area contributed by atoms with Gasteiger partial charge in [0.15, 0.2) is 11.5 Å². The number of methoxy groups -OCH3 is 4. The van der Waals surface area contributed by atoms with Gasteiger partial charge in [-0.3, -0.25) is 5.41 Å². The summed E-state index contributed by atoms with van der Waals surface area (Å²) in [5.74, 6) is 2.66. The molecule has 0 radical (unpaired) electrons. The summed E-state index contributed by atoms with van der Waals surface area (Å²) in [6.45, 7) is 0.142. The summed E-state index contributed by atoms with van der Waals surface area (Å²) in [5, 5.41) is 21.9. The number of ether oxygens (including phenoxy) is 4. The van der Waals surface area contributed by atoms with E-state index in [2.05, 4.69) is 4.98 Å². The van der Waals surface area contributed by atoms with Gasteiger partial charge < -0.3 is 29.0 Å². The molecular formula is C23H23N3O5S. The lowest BCUT2D eigenvalue weighted by molar-refractivity contribution is 0.355. The third kappa shape index (κ3) is 3.71. The summed E-state index contributed by atoms with van der Waals surface area (Å²) in [4.78, 5) is 6.35. The second-order valence-corrected chi connectivity index (χ2v) is 7.76. The highest BCUT2D eigenvalue weighted by Crippen LogP contribution is 2.40. The molecule has 2 heterocycles. The van der Waals surface area contributed by atoms with Crippen molar-refractivity contribution < 1.29 is 24.1 Å². The molecule has 8 nitrogen and oxygen atoms in total. The predicted octanol–water partition coefficient (Wildman–Crippen LogP) is 4.61. The van der Waals surface area contributed by atoms with Crippen LogP contribution in [0.25, 0.3) is 16.8 Å². The van der Waals surface area contributed by atoms with E-state index in [1.165, 1.54) is 11.3 Å². The van der Waals surface area contributed by atoms with E-state index >= 15 is 0 Å². The zero-order valence-electron chi connectivity index (χ0n) is 18.1. The van der Waals surface area contributed by atoms with E-state index in [1.807, 2.05) is 23.6 Å². The number of hydrogen-bond donors (Lipinski definition) is 2. The summed E-state index contributed by atoms with van der Waals surface area (Å²) in [7, 11) is 6.31. The summed E-state index contributed by atoms with van der Waals surface area (Å²) in [6, 6.07) is 10.9. The largest absolute Gasteiger partial charge is 0.510 e. The number of thiazole rings is 1. The molecule has 9 heteroatoms. The highest BCUT2D eigenvalue weighted by Gasteiger charge is 2.33. The van der Waals surface area contributed by atoms with E-state index in [-0.39, 0.29) is 18.1 Å². The molecule has 0 saturated carbocycles. The summed E-state index contributed by atoms with van der Waals surface area (Å²) in [6.07, 6.45) is 0. The zero-order chi connectivity index (χ0) is 22.8. The topological polar surface area (TPSA) is 97.1 Å². The average Bonchev–Trinajstić information content (AvgIpc) is 3.41. The predicted molar refractivity (Wildman–Crippen MR) is 125 cm³/mol. The van der Waals surface area contributed by atoms with Crippen molar-refractivity contribution in [2.75, 3.05) is 39.9 Å². The number of amidine groups is 1. The highest BCUT2D eigenvalue weighted by molar-refractivity contribution is 7.11. The van der Waals surface area contributed by atoms with E-state index in [0.717, 1.165) is 11.3 Å². The minimum Gasteiger partial charge on any atom is -0.510 e. The minimum atomic E-state index is 0.0769. The Bertz CT molecular complexity index is 1200. The second-order valence-electron chi connectivity index (χ2n) is 6.90. The first-order chi connectivity index (χ1) is 15.5. The van der Waals surface area contributed by atoms with Crippen LogP contribution in [0.3, 0.4) is 0 Å². The van der Waals surface area contributed by atoms with Crippen LogP contribution in [-0.2, 0) is 0 Å². The minimum absolute atomic E-state index is 0.0769. The van der Waals surface area contributed by atoms with Crippen molar-refractivity contribution in [2.45, 2.75) is 0 Å². The van der Waals surface area contributed by atoms with Gasteiger partial charge in [-0.2, -0.15) is 0 Å². The molecule has 166 valence electrons. The van der Waals surface area contributed by atoms with Crippen LogP contribution in [0, 0.1) is 5.41 Å². The van der Waals surface area contributed by atoms with Crippen molar-refractivity contribution >= 4 is 28.4 Å². The Morgan fingerprint density at radius 2 is 1.66 bits per heavy atom. The van der Waals surface area contributed by atoms with Gasteiger partial charge in [0.2, 0.25) is 0 Å². The first-order valence-electron chi connectivity index (χ1n) is 9.69. The zero-order valence-corrected chi connectivity index (χ0v) is 18.9. The van der Waals surface area contributed by atoms with Crippen molar-refractivity contribution in [3.63, 3.8) is 0 Å². The van der Waals surface area contributed by atoms with Crippen molar-refractivity contribution in [2.24, 2.45) is 0 Å². The number of aliphatic hydroxyl groups excluding tert-OH is 1. The number of rotatable bonds is 7. The van der Waals surface area contributed by atoms with E-state index < -0.39 is 0 Å². The summed E-state index contributed by atoms with van der Waals surface area (Å²) >= 11 is 1.36. The fourth-order valence-electron chi connectivity index (χ4n) is 3.53. The molecule has 4 rings (SSSR count). The van der Waals surface area contributed by atoms with Crippen molar-refractivity contribution in [1.82, 2.24) is 4.98 Å². The first kappa shape index (κ1) is 21.5. The monoisotopic (exact) mass is 453 g/mol. The summed E-state index contributed by atoms with van der Waals surface area (Å²) < 4.78 is 21.4. The van der Waals surface area contributed by atoms with Crippen molar-refractivity contribution in [1.29, 1.82) is 5.41 Å².